The van der Waals surface area contributed by atoms with E-state index in [0.29, 0.717) is 11.3 Å². The van der Waals surface area contributed by atoms with Crippen LogP contribution in [0, 0.1) is 0 Å². The summed E-state index contributed by atoms with van der Waals surface area (Å²) >= 11 is 0. The van der Waals surface area contributed by atoms with Gasteiger partial charge in [0, 0.05) is 30.9 Å². The van der Waals surface area contributed by atoms with Crippen LogP contribution in [0.5, 0.6) is 0 Å². The monoisotopic (exact) mass is 362 g/mol. The van der Waals surface area contributed by atoms with Crippen molar-refractivity contribution in [1.29, 1.82) is 0 Å². The van der Waals surface area contributed by atoms with E-state index in [0.717, 1.165) is 16.5 Å². The van der Waals surface area contributed by atoms with Crippen molar-refractivity contribution >= 4 is 34.0 Å². The number of benzene rings is 3. The molecule has 0 unspecified atom stereocenters. The molecule has 138 valence electrons. The Kier molecular flexibility index (Phi) is 5.41. The van der Waals surface area contributed by atoms with Crippen molar-refractivity contribution in [2.75, 3.05) is 24.3 Å². The Hall–Kier alpha value is -3.34. The van der Waals surface area contributed by atoms with Gasteiger partial charge in [0.2, 0.25) is 0 Å². The summed E-state index contributed by atoms with van der Waals surface area (Å²) in [4.78, 5) is 26.7. The zero-order valence-electron chi connectivity index (χ0n) is 15.6. The van der Waals surface area contributed by atoms with Crippen LogP contribution in [0.3, 0.4) is 0 Å². The van der Waals surface area contributed by atoms with Crippen LogP contribution in [-0.4, -0.2) is 32.1 Å². The number of carbonyl (C=O) groups is 2. The molecule has 27 heavy (non-hydrogen) atoms. The molecule has 0 fully saturated rings. The van der Waals surface area contributed by atoms with Gasteiger partial charge in [-0.25, -0.2) is 4.79 Å². The molecule has 5 nitrogen and oxygen atoms in total. The molecule has 0 saturated heterocycles. The quantitative estimate of drug-likeness (QED) is 0.695. The topological polar surface area (TPSA) is 58.6 Å². The molecular weight excluding hydrogens is 340 g/mol. The van der Waals surface area contributed by atoms with Crippen molar-refractivity contribution in [1.82, 2.24) is 0 Å². The maximum absolute atomic E-state index is 12.5. The molecule has 0 heterocycles. The molecule has 0 radical (unpaired) electrons. The summed E-state index contributed by atoms with van der Waals surface area (Å²) in [6.45, 7) is 1.56. The maximum Gasteiger partial charge on any atom is 0.338 e. The van der Waals surface area contributed by atoms with E-state index in [9.17, 15) is 9.59 Å². The van der Waals surface area contributed by atoms with E-state index in [2.05, 4.69) is 5.32 Å². The summed E-state index contributed by atoms with van der Waals surface area (Å²) < 4.78 is 5.32. The molecule has 0 aliphatic rings. The number of carbonyl (C=O) groups excluding carboxylic acids is 2. The lowest BCUT2D eigenvalue weighted by Crippen LogP contribution is -2.30. The summed E-state index contributed by atoms with van der Waals surface area (Å²) in [5.41, 5.74) is 2.08. The van der Waals surface area contributed by atoms with Gasteiger partial charge in [0.1, 0.15) is 0 Å². The van der Waals surface area contributed by atoms with Crippen molar-refractivity contribution in [2.24, 2.45) is 0 Å². The van der Waals surface area contributed by atoms with E-state index < -0.39 is 12.1 Å². The third-order valence-corrected chi connectivity index (χ3v) is 4.32. The molecule has 0 aromatic heterocycles. The van der Waals surface area contributed by atoms with E-state index in [4.69, 9.17) is 4.74 Å². The van der Waals surface area contributed by atoms with Crippen LogP contribution in [-0.2, 0) is 9.53 Å². The minimum absolute atomic E-state index is 0.371. The second-order valence-electron chi connectivity index (χ2n) is 6.50. The van der Waals surface area contributed by atoms with Crippen LogP contribution in [0.25, 0.3) is 10.8 Å². The lowest BCUT2D eigenvalue weighted by Gasteiger charge is -2.15. The Morgan fingerprint density at radius 1 is 0.926 bits per heavy atom. The first-order valence-corrected chi connectivity index (χ1v) is 8.72. The average molecular weight is 362 g/mol. The average Bonchev–Trinajstić information content (AvgIpc) is 2.68. The first kappa shape index (κ1) is 18.5. The van der Waals surface area contributed by atoms with Crippen molar-refractivity contribution in [3.8, 4) is 0 Å². The fourth-order valence-corrected chi connectivity index (χ4v) is 2.75. The van der Waals surface area contributed by atoms with E-state index >= 15 is 0 Å². The van der Waals surface area contributed by atoms with Crippen molar-refractivity contribution in [3.63, 3.8) is 0 Å². The molecule has 3 aromatic carbocycles. The van der Waals surface area contributed by atoms with Crippen LogP contribution in [0.2, 0.25) is 0 Å². The fraction of sp³-hybridized carbons (Fsp3) is 0.182. The van der Waals surface area contributed by atoms with Gasteiger partial charge in [-0.15, -0.1) is 0 Å². The molecule has 0 aliphatic carbocycles. The summed E-state index contributed by atoms with van der Waals surface area (Å²) in [5.74, 6) is -0.898. The van der Waals surface area contributed by atoms with E-state index in [1.54, 1.807) is 19.1 Å². The number of nitrogens with one attached hydrogen (secondary N) is 1. The third kappa shape index (κ3) is 4.26. The van der Waals surface area contributed by atoms with Crippen molar-refractivity contribution < 1.29 is 14.3 Å². The van der Waals surface area contributed by atoms with Gasteiger partial charge in [0.25, 0.3) is 5.91 Å². The van der Waals surface area contributed by atoms with Crippen LogP contribution in [0.4, 0.5) is 11.4 Å². The zero-order valence-corrected chi connectivity index (χ0v) is 15.6. The van der Waals surface area contributed by atoms with Gasteiger partial charge >= 0.3 is 5.97 Å². The molecule has 1 amide bonds. The molecular formula is C22H22N2O3. The highest BCUT2D eigenvalue weighted by Crippen LogP contribution is 2.23. The standard InChI is InChI=1S/C22H22N2O3/c1-15(27-22(26)17-11-13-18(14-12-17)24(2)3)21(25)23-20-10-6-8-16-7-4-5-9-19(16)20/h4-15H,1-3H3,(H,23,25)/t15-/m0/s1. The smallest absolute Gasteiger partial charge is 0.338 e. The highest BCUT2D eigenvalue weighted by atomic mass is 16.5. The van der Waals surface area contributed by atoms with Crippen LogP contribution in [0.1, 0.15) is 17.3 Å². The predicted octanol–water partition coefficient (Wildman–Crippen LogP) is 4.09. The number of fused-ring (bicyclic) bond motifs is 1. The summed E-state index contributed by atoms with van der Waals surface area (Å²) in [5, 5.41) is 4.81. The van der Waals surface area contributed by atoms with Gasteiger partial charge in [-0.1, -0.05) is 36.4 Å². The van der Waals surface area contributed by atoms with E-state index in [1.807, 2.05) is 73.6 Å². The minimum atomic E-state index is -0.912. The Labute approximate surface area is 158 Å². The van der Waals surface area contributed by atoms with Gasteiger partial charge in [0.05, 0.1) is 5.56 Å². The van der Waals surface area contributed by atoms with Crippen LogP contribution < -0.4 is 10.2 Å². The largest absolute Gasteiger partial charge is 0.449 e. The number of hydrogen-bond acceptors (Lipinski definition) is 4. The van der Waals surface area contributed by atoms with E-state index in [1.165, 1.54) is 0 Å². The normalized spacial score (nSPS) is 11.7. The Bertz CT molecular complexity index is 959. The molecule has 0 saturated carbocycles. The zero-order chi connectivity index (χ0) is 19.4. The second-order valence-corrected chi connectivity index (χ2v) is 6.50. The number of ether oxygens (including phenoxy) is 1. The molecule has 1 atom stereocenters. The SMILES string of the molecule is C[C@H](OC(=O)c1ccc(N(C)C)cc1)C(=O)Nc1cccc2ccccc12. The minimum Gasteiger partial charge on any atom is -0.449 e. The second kappa shape index (κ2) is 7.91. The number of nitrogens with zero attached hydrogens (tertiary/aromatic N) is 1. The van der Waals surface area contributed by atoms with Gasteiger partial charge < -0.3 is 15.0 Å². The Morgan fingerprint density at radius 3 is 2.30 bits per heavy atom. The Morgan fingerprint density at radius 2 is 1.59 bits per heavy atom. The van der Waals surface area contributed by atoms with Gasteiger partial charge in [-0.05, 0) is 42.6 Å². The summed E-state index contributed by atoms with van der Waals surface area (Å²) in [6.07, 6.45) is -0.912. The first-order valence-electron chi connectivity index (χ1n) is 8.72. The number of hydrogen-bond donors (Lipinski definition) is 1. The number of anilines is 2. The fourth-order valence-electron chi connectivity index (χ4n) is 2.75. The lowest BCUT2D eigenvalue weighted by molar-refractivity contribution is -0.123. The number of amides is 1. The molecule has 3 rings (SSSR count). The highest BCUT2D eigenvalue weighted by Gasteiger charge is 2.19. The Balaban J connectivity index is 1.67. The third-order valence-electron chi connectivity index (χ3n) is 4.32. The molecule has 5 heteroatoms. The number of rotatable bonds is 5. The van der Waals surface area contributed by atoms with Crippen LogP contribution >= 0.6 is 0 Å². The summed E-state index contributed by atoms with van der Waals surface area (Å²) in [7, 11) is 3.85. The number of esters is 1. The molecule has 0 aliphatic heterocycles. The first-order chi connectivity index (χ1) is 13.0. The molecule has 0 bridgehead atoms. The van der Waals surface area contributed by atoms with Gasteiger partial charge in [-0.2, -0.15) is 0 Å². The molecule has 1 N–H and O–H groups in total. The van der Waals surface area contributed by atoms with Gasteiger partial charge in [-0.3, -0.25) is 4.79 Å². The van der Waals surface area contributed by atoms with Gasteiger partial charge in [0.15, 0.2) is 6.10 Å². The van der Waals surface area contributed by atoms with Crippen LogP contribution in [0.15, 0.2) is 66.7 Å². The predicted molar refractivity (Wildman–Crippen MR) is 108 cm³/mol. The highest BCUT2D eigenvalue weighted by molar-refractivity contribution is 6.04. The van der Waals surface area contributed by atoms with Crippen molar-refractivity contribution in [2.45, 2.75) is 13.0 Å². The summed E-state index contributed by atoms with van der Waals surface area (Å²) in [6, 6.07) is 20.5. The molecule has 3 aromatic rings. The van der Waals surface area contributed by atoms with Crippen molar-refractivity contribution in [3.05, 3.63) is 72.3 Å². The lowest BCUT2D eigenvalue weighted by atomic mass is 10.1. The maximum atomic E-state index is 12.5. The molecule has 0 spiro atoms. The van der Waals surface area contributed by atoms with E-state index in [-0.39, 0.29) is 5.91 Å².